The minimum absolute atomic E-state index is 0.211. The number of rotatable bonds is 3. The molecule has 0 spiro atoms. The third-order valence-electron chi connectivity index (χ3n) is 5.04. The Morgan fingerprint density at radius 1 is 0.875 bits per heavy atom. The number of fused-ring (bicyclic) bond motifs is 2. The molecule has 0 aliphatic heterocycles. The number of anilines is 1. The second kappa shape index (κ2) is 8.67. The molecule has 1 aromatic heterocycles. The first-order valence-corrected chi connectivity index (χ1v) is 11.4. The molecule has 0 bridgehead atoms. The van der Waals surface area contributed by atoms with Gasteiger partial charge in [0.2, 0.25) is 0 Å². The number of thiocarbonyl (C=S) groups is 1. The Morgan fingerprint density at radius 2 is 1.62 bits per heavy atom. The van der Waals surface area contributed by atoms with Gasteiger partial charge in [0.25, 0.3) is 5.91 Å². The molecule has 4 nitrogen and oxygen atoms in total. The summed E-state index contributed by atoms with van der Waals surface area (Å²) in [7, 11) is 0. The Kier molecular flexibility index (Phi) is 5.57. The second-order valence-electron chi connectivity index (χ2n) is 7.08. The first-order valence-electron chi connectivity index (χ1n) is 9.85. The van der Waals surface area contributed by atoms with Gasteiger partial charge in [0.1, 0.15) is 5.01 Å². The Bertz CT molecular complexity index is 1460. The first-order chi connectivity index (χ1) is 15.6. The number of thiazole rings is 1. The molecule has 1 amide bonds. The Labute approximate surface area is 198 Å². The predicted octanol–water partition coefficient (Wildman–Crippen LogP) is 6.90. The highest BCUT2D eigenvalue weighted by atomic mass is 35.5. The van der Waals surface area contributed by atoms with Crippen LogP contribution in [0.2, 0.25) is 5.02 Å². The van der Waals surface area contributed by atoms with Crippen molar-refractivity contribution < 1.29 is 4.79 Å². The number of hydrogen-bond acceptors (Lipinski definition) is 4. The van der Waals surface area contributed by atoms with Crippen LogP contribution < -0.4 is 10.6 Å². The maximum Gasteiger partial charge on any atom is 0.258 e. The SMILES string of the molecule is O=C(NC(=S)Nc1ccccc1-c1nc2ccccc2s1)c1cccc2c(Cl)cccc12. The molecule has 0 saturated carbocycles. The average molecular weight is 474 g/mol. The molecular weight excluding hydrogens is 458 g/mol. The Hall–Kier alpha value is -3.32. The van der Waals surface area contributed by atoms with Gasteiger partial charge in [-0.1, -0.05) is 60.1 Å². The number of nitrogens with one attached hydrogen (secondary N) is 2. The molecule has 156 valence electrons. The zero-order chi connectivity index (χ0) is 22.1. The highest BCUT2D eigenvalue weighted by Gasteiger charge is 2.15. The molecule has 1 heterocycles. The van der Waals surface area contributed by atoms with Crippen molar-refractivity contribution >= 4 is 72.9 Å². The lowest BCUT2D eigenvalue weighted by molar-refractivity contribution is 0.0979. The number of carbonyl (C=O) groups is 1. The highest BCUT2D eigenvalue weighted by Crippen LogP contribution is 2.34. The summed E-state index contributed by atoms with van der Waals surface area (Å²) >= 11 is 13.3. The zero-order valence-corrected chi connectivity index (χ0v) is 19.0. The fourth-order valence-electron chi connectivity index (χ4n) is 3.56. The van der Waals surface area contributed by atoms with Crippen LogP contribution in [0.25, 0.3) is 31.6 Å². The fourth-order valence-corrected chi connectivity index (χ4v) is 5.00. The van der Waals surface area contributed by atoms with Crippen LogP contribution in [-0.2, 0) is 0 Å². The van der Waals surface area contributed by atoms with Gasteiger partial charge < -0.3 is 5.32 Å². The zero-order valence-electron chi connectivity index (χ0n) is 16.6. The third kappa shape index (κ3) is 3.96. The van der Waals surface area contributed by atoms with E-state index in [1.165, 1.54) is 0 Å². The number of carbonyl (C=O) groups excluding carboxylic acids is 1. The molecule has 0 aliphatic carbocycles. The number of nitrogens with zero attached hydrogens (tertiary/aromatic N) is 1. The van der Waals surface area contributed by atoms with Gasteiger partial charge in [-0.3, -0.25) is 10.1 Å². The summed E-state index contributed by atoms with van der Waals surface area (Å²) in [5, 5.41) is 9.22. The number of halogens is 1. The van der Waals surface area contributed by atoms with Crippen molar-refractivity contribution in [3.05, 3.63) is 95.5 Å². The molecular formula is C25H16ClN3OS2. The van der Waals surface area contributed by atoms with E-state index >= 15 is 0 Å². The lowest BCUT2D eigenvalue weighted by atomic mass is 10.0. The molecule has 0 aliphatic rings. The molecule has 32 heavy (non-hydrogen) atoms. The maximum absolute atomic E-state index is 13.0. The van der Waals surface area contributed by atoms with Crippen LogP contribution in [0.3, 0.4) is 0 Å². The van der Waals surface area contributed by atoms with Crippen LogP contribution in [0.1, 0.15) is 10.4 Å². The molecule has 0 saturated heterocycles. The van der Waals surface area contributed by atoms with Gasteiger partial charge in [-0.2, -0.15) is 0 Å². The van der Waals surface area contributed by atoms with E-state index in [4.69, 9.17) is 28.8 Å². The van der Waals surface area contributed by atoms with E-state index in [0.717, 1.165) is 37.2 Å². The van der Waals surface area contributed by atoms with Gasteiger partial charge in [-0.05, 0) is 54.0 Å². The molecule has 7 heteroatoms. The predicted molar refractivity (Wildman–Crippen MR) is 138 cm³/mol. The van der Waals surface area contributed by atoms with E-state index in [0.29, 0.717) is 10.6 Å². The summed E-state index contributed by atoms with van der Waals surface area (Å²) in [4.78, 5) is 17.7. The van der Waals surface area contributed by atoms with Crippen molar-refractivity contribution in [2.24, 2.45) is 0 Å². The van der Waals surface area contributed by atoms with E-state index in [2.05, 4.69) is 10.6 Å². The molecule has 5 aromatic rings. The Balaban J connectivity index is 1.40. The molecule has 0 atom stereocenters. The molecule has 2 N–H and O–H groups in total. The minimum Gasteiger partial charge on any atom is -0.332 e. The van der Waals surface area contributed by atoms with Crippen LogP contribution in [0.5, 0.6) is 0 Å². The summed E-state index contributed by atoms with van der Waals surface area (Å²) in [5.74, 6) is -0.298. The second-order valence-corrected chi connectivity index (χ2v) is 8.93. The van der Waals surface area contributed by atoms with Crippen molar-refractivity contribution in [1.82, 2.24) is 10.3 Å². The topological polar surface area (TPSA) is 54.0 Å². The quantitative estimate of drug-likeness (QED) is 0.280. The third-order valence-corrected chi connectivity index (χ3v) is 6.64. The molecule has 0 unspecified atom stereocenters. The standard InChI is InChI=1S/C25H16ClN3OS2/c26-19-11-6-8-15-16(19)9-5-10-17(15)23(30)29-25(31)28-20-12-2-1-7-18(20)24-27-21-13-3-4-14-22(21)32-24/h1-14H,(H2,28,29,30,31). The number of amides is 1. The van der Waals surface area contributed by atoms with Crippen molar-refractivity contribution in [2.45, 2.75) is 0 Å². The van der Waals surface area contributed by atoms with Crippen LogP contribution in [0, 0.1) is 0 Å². The minimum atomic E-state index is -0.298. The summed E-state index contributed by atoms with van der Waals surface area (Å²) in [6, 6.07) is 26.7. The van der Waals surface area contributed by atoms with Gasteiger partial charge in [0.05, 0.1) is 15.9 Å². The summed E-state index contributed by atoms with van der Waals surface area (Å²) in [6.45, 7) is 0. The van der Waals surface area contributed by atoms with E-state index in [1.54, 1.807) is 23.5 Å². The van der Waals surface area contributed by atoms with Crippen LogP contribution >= 0.6 is 35.2 Å². The molecule has 4 aromatic carbocycles. The summed E-state index contributed by atoms with van der Waals surface area (Å²) in [6.07, 6.45) is 0. The molecule has 5 rings (SSSR count). The molecule has 0 radical (unpaired) electrons. The number of hydrogen-bond donors (Lipinski definition) is 2. The van der Waals surface area contributed by atoms with Crippen molar-refractivity contribution in [3.8, 4) is 10.6 Å². The normalized spacial score (nSPS) is 10.9. The van der Waals surface area contributed by atoms with Crippen LogP contribution in [0.4, 0.5) is 5.69 Å². The van der Waals surface area contributed by atoms with Gasteiger partial charge in [0.15, 0.2) is 5.11 Å². The van der Waals surface area contributed by atoms with Crippen LogP contribution in [0.15, 0.2) is 84.9 Å². The molecule has 0 fully saturated rings. The number of benzene rings is 4. The smallest absolute Gasteiger partial charge is 0.258 e. The van der Waals surface area contributed by atoms with Crippen molar-refractivity contribution in [2.75, 3.05) is 5.32 Å². The highest BCUT2D eigenvalue weighted by molar-refractivity contribution is 7.80. The van der Waals surface area contributed by atoms with Crippen molar-refractivity contribution in [3.63, 3.8) is 0 Å². The van der Waals surface area contributed by atoms with Gasteiger partial charge in [-0.15, -0.1) is 11.3 Å². The van der Waals surface area contributed by atoms with Crippen molar-refractivity contribution in [1.29, 1.82) is 0 Å². The number of para-hydroxylation sites is 2. The van der Waals surface area contributed by atoms with E-state index in [-0.39, 0.29) is 11.0 Å². The monoisotopic (exact) mass is 473 g/mol. The average Bonchev–Trinajstić information content (AvgIpc) is 3.23. The Morgan fingerprint density at radius 3 is 2.50 bits per heavy atom. The van der Waals surface area contributed by atoms with E-state index < -0.39 is 0 Å². The van der Waals surface area contributed by atoms with E-state index in [1.807, 2.05) is 72.8 Å². The lowest BCUT2D eigenvalue weighted by Gasteiger charge is -2.13. The fraction of sp³-hybridized carbons (Fsp3) is 0. The largest absolute Gasteiger partial charge is 0.332 e. The lowest BCUT2D eigenvalue weighted by Crippen LogP contribution is -2.34. The van der Waals surface area contributed by atoms with Gasteiger partial charge >= 0.3 is 0 Å². The first kappa shape index (κ1) is 20.6. The van der Waals surface area contributed by atoms with E-state index in [9.17, 15) is 4.79 Å². The number of aromatic nitrogens is 1. The van der Waals surface area contributed by atoms with Gasteiger partial charge in [-0.25, -0.2) is 4.98 Å². The summed E-state index contributed by atoms with van der Waals surface area (Å²) in [5.41, 5.74) is 3.15. The van der Waals surface area contributed by atoms with Gasteiger partial charge in [0, 0.05) is 21.5 Å². The maximum atomic E-state index is 13.0. The van der Waals surface area contributed by atoms with Crippen LogP contribution in [-0.4, -0.2) is 16.0 Å². The summed E-state index contributed by atoms with van der Waals surface area (Å²) < 4.78 is 1.11.